The molecule has 0 saturated heterocycles. The van der Waals surface area contributed by atoms with Gasteiger partial charge in [0.1, 0.15) is 5.75 Å². The zero-order chi connectivity index (χ0) is 20.4. The Morgan fingerprint density at radius 2 is 1.82 bits per heavy atom. The summed E-state index contributed by atoms with van der Waals surface area (Å²) in [6.07, 6.45) is 3.79. The Hall–Kier alpha value is -2.90. The van der Waals surface area contributed by atoms with Crippen molar-refractivity contribution in [2.24, 2.45) is 0 Å². The number of hydrogen-bond donors (Lipinski definition) is 3. The number of carbonyl (C=O) groups is 2. The normalized spacial score (nSPS) is 10.4. The first-order chi connectivity index (χ1) is 13.5. The Balaban J connectivity index is 1.70. The monoisotopic (exact) mass is 417 g/mol. The Morgan fingerprint density at radius 3 is 2.50 bits per heavy atom. The highest BCUT2D eigenvalue weighted by molar-refractivity contribution is 7.80. The molecule has 2 rings (SSSR count). The summed E-state index contributed by atoms with van der Waals surface area (Å²) in [4.78, 5) is 23.6. The topological polar surface area (TPSA) is 79.5 Å². The first-order valence-corrected chi connectivity index (χ1v) is 9.30. The van der Waals surface area contributed by atoms with Crippen LogP contribution in [0.5, 0.6) is 5.75 Å². The molecule has 0 spiro atoms. The molecule has 0 unspecified atom stereocenters. The van der Waals surface area contributed by atoms with E-state index in [1.165, 1.54) is 11.6 Å². The summed E-state index contributed by atoms with van der Waals surface area (Å²) in [5, 5.41) is 2.89. The lowest BCUT2D eigenvalue weighted by Gasteiger charge is -2.10. The lowest BCUT2D eigenvalue weighted by molar-refractivity contribution is -0.123. The first kappa shape index (κ1) is 21.4. The summed E-state index contributed by atoms with van der Waals surface area (Å²) in [5.74, 6) is -0.311. The summed E-state index contributed by atoms with van der Waals surface area (Å²) in [6, 6.07) is 14.6. The van der Waals surface area contributed by atoms with Crippen LogP contribution in [0.3, 0.4) is 0 Å². The number of nitrogens with one attached hydrogen (secondary N) is 3. The van der Waals surface area contributed by atoms with Crippen molar-refractivity contribution in [2.75, 3.05) is 6.61 Å². The maximum absolute atomic E-state index is 11.8. The lowest BCUT2D eigenvalue weighted by atomic mass is 10.2. The van der Waals surface area contributed by atoms with E-state index in [2.05, 4.69) is 23.1 Å². The van der Waals surface area contributed by atoms with Gasteiger partial charge >= 0.3 is 0 Å². The van der Waals surface area contributed by atoms with Crippen molar-refractivity contribution in [3.05, 3.63) is 70.8 Å². The van der Waals surface area contributed by atoms with Crippen molar-refractivity contribution in [3.63, 3.8) is 0 Å². The fourth-order valence-electron chi connectivity index (χ4n) is 2.09. The molecule has 0 bridgehead atoms. The first-order valence-electron chi connectivity index (χ1n) is 8.52. The van der Waals surface area contributed by atoms with E-state index >= 15 is 0 Å². The summed E-state index contributed by atoms with van der Waals surface area (Å²) >= 11 is 11.0. The van der Waals surface area contributed by atoms with Crippen molar-refractivity contribution in [1.82, 2.24) is 16.2 Å². The van der Waals surface area contributed by atoms with Gasteiger partial charge in [-0.15, -0.1) is 0 Å². The quantitative estimate of drug-likeness (QED) is 0.382. The molecule has 28 heavy (non-hydrogen) atoms. The molecule has 0 aliphatic rings. The number of hydrazine groups is 1. The molecule has 8 heteroatoms. The second kappa shape index (κ2) is 11.1. The number of benzene rings is 2. The van der Waals surface area contributed by atoms with E-state index in [0.717, 1.165) is 6.42 Å². The van der Waals surface area contributed by atoms with Crippen molar-refractivity contribution < 1.29 is 14.3 Å². The summed E-state index contributed by atoms with van der Waals surface area (Å²) in [5.41, 5.74) is 6.67. The van der Waals surface area contributed by atoms with E-state index < -0.39 is 11.8 Å². The summed E-state index contributed by atoms with van der Waals surface area (Å²) in [7, 11) is 0. The predicted molar refractivity (Wildman–Crippen MR) is 114 cm³/mol. The van der Waals surface area contributed by atoms with Gasteiger partial charge in [-0.05, 0) is 54.0 Å². The number of hydrogen-bond acceptors (Lipinski definition) is 4. The Kier molecular flexibility index (Phi) is 8.45. The smallest absolute Gasteiger partial charge is 0.276 e. The highest BCUT2D eigenvalue weighted by Crippen LogP contribution is 2.16. The molecule has 2 aromatic rings. The van der Waals surface area contributed by atoms with Gasteiger partial charge in [0.05, 0.1) is 0 Å². The van der Waals surface area contributed by atoms with Crippen LogP contribution in [0, 0.1) is 0 Å². The second-order valence-corrected chi connectivity index (χ2v) is 6.45. The van der Waals surface area contributed by atoms with Crippen LogP contribution in [0.2, 0.25) is 5.02 Å². The fraction of sp³-hybridized carbons (Fsp3) is 0.150. The van der Waals surface area contributed by atoms with Crippen molar-refractivity contribution in [2.45, 2.75) is 13.3 Å². The van der Waals surface area contributed by atoms with E-state index in [1.54, 1.807) is 36.4 Å². The third kappa shape index (κ3) is 7.38. The molecule has 2 aromatic carbocycles. The number of thiocarbonyl (C=S) groups is 1. The van der Waals surface area contributed by atoms with Gasteiger partial charge in [-0.3, -0.25) is 25.8 Å². The molecular weight excluding hydrogens is 398 g/mol. The highest BCUT2D eigenvalue weighted by atomic mass is 35.5. The molecule has 0 fully saturated rings. The van der Waals surface area contributed by atoms with Gasteiger partial charge in [0.15, 0.2) is 11.7 Å². The van der Waals surface area contributed by atoms with Crippen LogP contribution in [0.25, 0.3) is 6.08 Å². The van der Waals surface area contributed by atoms with Gasteiger partial charge in [0, 0.05) is 11.1 Å². The van der Waals surface area contributed by atoms with E-state index in [0.29, 0.717) is 16.3 Å². The number of ether oxygens (including phenoxy) is 1. The third-order valence-corrected chi connectivity index (χ3v) is 4.12. The molecule has 0 heterocycles. The largest absolute Gasteiger partial charge is 0.484 e. The molecule has 146 valence electrons. The number of amides is 2. The molecule has 0 atom stereocenters. The zero-order valence-electron chi connectivity index (χ0n) is 15.2. The van der Waals surface area contributed by atoms with Gasteiger partial charge in [0.2, 0.25) is 5.91 Å². The van der Waals surface area contributed by atoms with Crippen molar-refractivity contribution in [1.29, 1.82) is 0 Å². The van der Waals surface area contributed by atoms with Crippen molar-refractivity contribution >= 4 is 46.8 Å². The molecule has 2 amide bonds. The Bertz CT molecular complexity index is 869. The standard InChI is InChI=1S/C20H20ClN3O3S/c1-2-14-7-10-16(11-8-14)27-13-19(26)23-24-20(28)22-18(25)12-9-15-5-3-4-6-17(15)21/h3-12H,2,13H2,1H3,(H,23,26)(H2,22,24,25,28)/b12-9+. The van der Waals surface area contributed by atoms with Gasteiger partial charge in [-0.25, -0.2) is 0 Å². The van der Waals surface area contributed by atoms with E-state index in [9.17, 15) is 9.59 Å². The highest BCUT2D eigenvalue weighted by Gasteiger charge is 2.05. The van der Waals surface area contributed by atoms with Gasteiger partial charge in [-0.1, -0.05) is 48.9 Å². The molecule has 0 aliphatic carbocycles. The van der Waals surface area contributed by atoms with Crippen LogP contribution < -0.4 is 20.9 Å². The summed E-state index contributed by atoms with van der Waals surface area (Å²) < 4.78 is 5.37. The van der Waals surface area contributed by atoms with Crippen LogP contribution in [0.4, 0.5) is 0 Å². The Morgan fingerprint density at radius 1 is 1.11 bits per heavy atom. The van der Waals surface area contributed by atoms with Crippen LogP contribution >= 0.6 is 23.8 Å². The minimum Gasteiger partial charge on any atom is -0.484 e. The molecule has 0 saturated carbocycles. The molecule has 0 aliphatic heterocycles. The average molecular weight is 418 g/mol. The van der Waals surface area contributed by atoms with Gasteiger partial charge in [0.25, 0.3) is 5.91 Å². The number of aryl methyl sites for hydroxylation is 1. The number of halogens is 1. The van der Waals surface area contributed by atoms with Crippen LogP contribution in [-0.4, -0.2) is 23.5 Å². The van der Waals surface area contributed by atoms with Gasteiger partial charge in [-0.2, -0.15) is 0 Å². The number of carbonyl (C=O) groups excluding carboxylic acids is 2. The third-order valence-electron chi connectivity index (χ3n) is 3.57. The minimum absolute atomic E-state index is 0.0468. The molecule has 0 radical (unpaired) electrons. The number of rotatable bonds is 6. The zero-order valence-corrected chi connectivity index (χ0v) is 16.8. The SMILES string of the molecule is CCc1ccc(OCC(=O)NNC(=S)NC(=O)/C=C/c2ccccc2Cl)cc1. The maximum Gasteiger partial charge on any atom is 0.276 e. The second-order valence-electron chi connectivity index (χ2n) is 5.63. The molecular formula is C20H20ClN3O3S. The van der Waals surface area contributed by atoms with Crippen LogP contribution in [0.1, 0.15) is 18.1 Å². The molecule has 0 aromatic heterocycles. The fourth-order valence-corrected chi connectivity index (χ4v) is 2.44. The van der Waals surface area contributed by atoms with Crippen LogP contribution in [0.15, 0.2) is 54.6 Å². The van der Waals surface area contributed by atoms with E-state index in [-0.39, 0.29) is 11.7 Å². The maximum atomic E-state index is 11.8. The van der Waals surface area contributed by atoms with Gasteiger partial charge < -0.3 is 4.74 Å². The average Bonchev–Trinajstić information content (AvgIpc) is 2.70. The predicted octanol–water partition coefficient (Wildman–Crippen LogP) is 3.02. The summed E-state index contributed by atoms with van der Waals surface area (Å²) in [6.45, 7) is 1.87. The van der Waals surface area contributed by atoms with E-state index in [4.69, 9.17) is 28.6 Å². The molecule has 3 N–H and O–H groups in total. The minimum atomic E-state index is -0.459. The Labute approximate surface area is 173 Å². The molecule has 6 nitrogen and oxygen atoms in total. The van der Waals surface area contributed by atoms with Crippen LogP contribution in [-0.2, 0) is 16.0 Å². The lowest BCUT2D eigenvalue weighted by Crippen LogP contribution is -2.49. The van der Waals surface area contributed by atoms with E-state index in [1.807, 2.05) is 18.2 Å². The van der Waals surface area contributed by atoms with Crippen molar-refractivity contribution in [3.8, 4) is 5.75 Å².